The Morgan fingerprint density at radius 3 is 2.64 bits per heavy atom. The number of benzene rings is 2. The molecule has 0 spiro atoms. The number of hydrogen-bond acceptors (Lipinski definition) is 8. The molecule has 3 saturated heterocycles. The number of epoxide rings is 1. The summed E-state index contributed by atoms with van der Waals surface area (Å²) in [5.41, 5.74) is 1.12. The van der Waals surface area contributed by atoms with E-state index in [1.54, 1.807) is 19.9 Å². The van der Waals surface area contributed by atoms with Crippen molar-refractivity contribution >= 4 is 28.6 Å². The molecule has 9 nitrogen and oxygen atoms in total. The predicted octanol–water partition coefficient (Wildman–Crippen LogP) is 2.84. The third-order valence-electron chi connectivity index (χ3n) is 7.05. The Labute approximate surface area is 209 Å². The van der Waals surface area contributed by atoms with Gasteiger partial charge in [-0.2, -0.15) is 0 Å². The van der Waals surface area contributed by atoms with Gasteiger partial charge in [-0.05, 0) is 62.1 Å². The minimum atomic E-state index is -1.27. The van der Waals surface area contributed by atoms with Crippen LogP contribution in [0.3, 0.4) is 0 Å². The second kappa shape index (κ2) is 9.13. The fourth-order valence-electron chi connectivity index (χ4n) is 4.80. The molecule has 2 aromatic carbocycles. The Balaban J connectivity index is 1.44. The summed E-state index contributed by atoms with van der Waals surface area (Å²) in [4.78, 5) is 41.7. The zero-order valence-corrected chi connectivity index (χ0v) is 20.9. The van der Waals surface area contributed by atoms with Gasteiger partial charge in [-0.25, -0.2) is 9.59 Å². The molecular weight excluding hydrogens is 464 g/mol. The van der Waals surface area contributed by atoms with E-state index in [1.807, 2.05) is 31.2 Å². The van der Waals surface area contributed by atoms with Crippen LogP contribution in [0.4, 0.5) is 0 Å². The lowest BCUT2D eigenvalue weighted by atomic mass is 9.99. The van der Waals surface area contributed by atoms with Crippen molar-refractivity contribution in [2.45, 2.75) is 51.4 Å². The summed E-state index contributed by atoms with van der Waals surface area (Å²) in [6.07, 6.45) is 0.329. The van der Waals surface area contributed by atoms with E-state index in [0.29, 0.717) is 23.6 Å². The number of esters is 2. The van der Waals surface area contributed by atoms with Crippen molar-refractivity contribution < 1.29 is 33.3 Å². The molecule has 2 aromatic rings. The summed E-state index contributed by atoms with van der Waals surface area (Å²) in [5.74, 6) is -1.41. The van der Waals surface area contributed by atoms with Crippen LogP contribution < -0.4 is 10.1 Å². The van der Waals surface area contributed by atoms with E-state index in [2.05, 4.69) is 10.2 Å². The number of carbonyl (C=O) groups is 3. The van der Waals surface area contributed by atoms with Gasteiger partial charge in [0.2, 0.25) is 6.10 Å². The second-order valence-electron chi connectivity index (χ2n) is 9.61. The summed E-state index contributed by atoms with van der Waals surface area (Å²) >= 11 is 0. The van der Waals surface area contributed by atoms with Gasteiger partial charge in [0, 0.05) is 18.3 Å². The van der Waals surface area contributed by atoms with Gasteiger partial charge >= 0.3 is 11.9 Å². The van der Waals surface area contributed by atoms with E-state index in [1.165, 1.54) is 7.11 Å². The maximum atomic E-state index is 13.5. The highest BCUT2D eigenvalue weighted by Gasteiger charge is 2.54. The predicted molar refractivity (Wildman–Crippen MR) is 130 cm³/mol. The number of allylic oxidation sites excluding steroid dienone is 1. The Hall–Kier alpha value is -3.59. The standard InChI is InChI=1S/C27H30N2O7/c1-5-34-26(32)22(21-10-9-16-13-29(16)21)28-24(30)23(27(3)14-35-27)36-25(31)20-12-17(33-4)11-19-15(2)7-6-8-18(19)20/h6-8,11-12,16,23H,5,9-10,13-14H2,1-4H3,(H,28,30)/b22-21-/t16-,23-,27+,29?/m1/s1. The molecule has 0 radical (unpaired) electrons. The summed E-state index contributed by atoms with van der Waals surface area (Å²) in [6, 6.07) is 9.49. The molecule has 9 heteroatoms. The smallest absolute Gasteiger partial charge is 0.356 e. The molecule has 190 valence electrons. The molecule has 0 aromatic heterocycles. The molecule has 3 heterocycles. The molecule has 3 atom stereocenters. The lowest BCUT2D eigenvalue weighted by molar-refractivity contribution is -0.141. The van der Waals surface area contributed by atoms with E-state index in [4.69, 9.17) is 18.9 Å². The fourth-order valence-corrected chi connectivity index (χ4v) is 4.80. The van der Waals surface area contributed by atoms with Crippen molar-refractivity contribution in [1.29, 1.82) is 0 Å². The number of piperidine rings is 1. The number of nitrogens with zero attached hydrogens (tertiary/aromatic N) is 1. The highest BCUT2D eigenvalue weighted by molar-refractivity contribution is 6.07. The van der Waals surface area contributed by atoms with Crippen LogP contribution in [0.15, 0.2) is 41.7 Å². The third kappa shape index (κ3) is 4.39. The first-order valence-corrected chi connectivity index (χ1v) is 12.2. The van der Waals surface area contributed by atoms with E-state index >= 15 is 0 Å². The molecule has 36 heavy (non-hydrogen) atoms. The number of methoxy groups -OCH3 is 1. The van der Waals surface area contributed by atoms with Crippen LogP contribution in [0.2, 0.25) is 0 Å². The number of ether oxygens (including phenoxy) is 4. The van der Waals surface area contributed by atoms with Gasteiger partial charge in [-0.1, -0.05) is 18.2 Å². The fraction of sp³-hybridized carbons (Fsp3) is 0.444. The molecule has 0 bridgehead atoms. The van der Waals surface area contributed by atoms with Gasteiger partial charge in [-0.15, -0.1) is 0 Å². The van der Waals surface area contributed by atoms with Crippen LogP contribution >= 0.6 is 0 Å². The number of fused-ring (bicyclic) bond motifs is 2. The Bertz CT molecular complexity index is 1280. The monoisotopic (exact) mass is 494 g/mol. The number of aryl methyl sites for hydroxylation is 1. The molecule has 0 saturated carbocycles. The van der Waals surface area contributed by atoms with Crippen molar-refractivity contribution in [3.63, 3.8) is 0 Å². The lowest BCUT2D eigenvalue weighted by Gasteiger charge is -2.23. The second-order valence-corrected chi connectivity index (χ2v) is 9.61. The van der Waals surface area contributed by atoms with Crippen molar-refractivity contribution in [3.05, 3.63) is 52.9 Å². The summed E-state index contributed by atoms with van der Waals surface area (Å²) in [5, 5.41) is 4.25. The summed E-state index contributed by atoms with van der Waals surface area (Å²) in [7, 11) is 1.53. The number of hydrogen-bond donors (Lipinski definition) is 1. The largest absolute Gasteiger partial charge is 0.497 e. The average Bonchev–Trinajstić information content (AvgIpc) is 3.78. The van der Waals surface area contributed by atoms with E-state index < -0.39 is 29.6 Å². The van der Waals surface area contributed by atoms with Gasteiger partial charge in [0.15, 0.2) is 0 Å². The Morgan fingerprint density at radius 1 is 1.25 bits per heavy atom. The number of rotatable bonds is 8. The molecule has 0 unspecified atom stereocenters. The zero-order valence-electron chi connectivity index (χ0n) is 20.9. The summed E-state index contributed by atoms with van der Waals surface area (Å²) < 4.78 is 21.9. The van der Waals surface area contributed by atoms with Gasteiger partial charge < -0.3 is 29.2 Å². The highest BCUT2D eigenvalue weighted by Crippen LogP contribution is 2.40. The lowest BCUT2D eigenvalue weighted by Crippen LogP contribution is -2.47. The normalized spacial score (nSPS) is 24.0. The molecule has 1 N–H and O–H groups in total. The molecule has 5 rings (SSSR count). The van der Waals surface area contributed by atoms with Crippen LogP contribution in [-0.2, 0) is 23.8 Å². The summed E-state index contributed by atoms with van der Waals surface area (Å²) in [6.45, 7) is 6.63. The third-order valence-corrected chi connectivity index (χ3v) is 7.05. The first-order valence-electron chi connectivity index (χ1n) is 12.2. The highest BCUT2D eigenvalue weighted by atomic mass is 16.6. The zero-order chi connectivity index (χ0) is 25.6. The molecule has 3 aliphatic rings. The van der Waals surface area contributed by atoms with E-state index in [0.717, 1.165) is 29.6 Å². The van der Waals surface area contributed by atoms with Crippen molar-refractivity contribution in [2.75, 3.05) is 26.9 Å². The van der Waals surface area contributed by atoms with E-state index in [-0.39, 0.29) is 24.5 Å². The van der Waals surface area contributed by atoms with Crippen LogP contribution in [0, 0.1) is 6.92 Å². The van der Waals surface area contributed by atoms with Crippen LogP contribution in [0.5, 0.6) is 5.75 Å². The maximum Gasteiger partial charge on any atom is 0.356 e. The maximum absolute atomic E-state index is 13.5. The first-order chi connectivity index (χ1) is 17.3. The van der Waals surface area contributed by atoms with Gasteiger partial charge in [-0.3, -0.25) is 4.79 Å². The SMILES string of the molecule is CCOC(=O)/C(NC(=O)[C@@H](OC(=O)c1cc(OC)cc2c(C)cccc12)[C@]1(C)CO1)=C1\CC[C@@H]2CN12. The van der Waals surface area contributed by atoms with E-state index in [9.17, 15) is 14.4 Å². The Morgan fingerprint density at radius 2 is 2.03 bits per heavy atom. The van der Waals surface area contributed by atoms with Crippen LogP contribution in [0.1, 0.15) is 42.6 Å². The van der Waals surface area contributed by atoms with Gasteiger partial charge in [0.25, 0.3) is 5.91 Å². The topological polar surface area (TPSA) is 106 Å². The molecule has 3 fully saturated rings. The average molecular weight is 495 g/mol. The van der Waals surface area contributed by atoms with Gasteiger partial charge in [0.1, 0.15) is 17.0 Å². The number of carbonyl (C=O) groups excluding carboxylic acids is 3. The molecule has 3 aliphatic heterocycles. The number of nitrogens with one attached hydrogen (secondary N) is 1. The molecule has 1 amide bonds. The Kier molecular flexibility index (Phi) is 6.12. The first kappa shape index (κ1) is 24.1. The minimum absolute atomic E-state index is 0.106. The van der Waals surface area contributed by atoms with Crippen LogP contribution in [0.25, 0.3) is 10.8 Å². The van der Waals surface area contributed by atoms with Gasteiger partial charge in [0.05, 0.1) is 25.9 Å². The van der Waals surface area contributed by atoms with Crippen molar-refractivity contribution in [3.8, 4) is 5.75 Å². The quantitative estimate of drug-likeness (QED) is 0.339. The number of amides is 1. The van der Waals surface area contributed by atoms with Crippen molar-refractivity contribution in [1.82, 2.24) is 10.2 Å². The molecule has 0 aliphatic carbocycles. The minimum Gasteiger partial charge on any atom is -0.497 e. The van der Waals surface area contributed by atoms with Crippen LogP contribution in [-0.4, -0.2) is 67.4 Å². The van der Waals surface area contributed by atoms with Crippen molar-refractivity contribution in [2.24, 2.45) is 0 Å². The molecular formula is C27H30N2O7.